The van der Waals surface area contributed by atoms with Gasteiger partial charge in [0.25, 0.3) is 0 Å². The molecule has 1 aromatic heterocycles. The highest BCUT2D eigenvalue weighted by atomic mass is 16.5. The minimum atomic E-state index is -0.422. The van der Waals surface area contributed by atoms with Gasteiger partial charge in [0.2, 0.25) is 5.91 Å². The van der Waals surface area contributed by atoms with Gasteiger partial charge in [-0.1, -0.05) is 0 Å². The van der Waals surface area contributed by atoms with E-state index in [2.05, 4.69) is 5.32 Å². The predicted octanol–water partition coefficient (Wildman–Crippen LogP) is 1.42. The van der Waals surface area contributed by atoms with Gasteiger partial charge in [-0.3, -0.25) is 9.69 Å². The molecule has 0 saturated heterocycles. The number of nitrogens with one attached hydrogen (secondary N) is 1. The van der Waals surface area contributed by atoms with Crippen molar-refractivity contribution in [3.63, 3.8) is 0 Å². The fraction of sp³-hybridized carbons (Fsp3) is 0.615. The molecule has 1 rings (SSSR count). The summed E-state index contributed by atoms with van der Waals surface area (Å²) < 4.78 is 10.6. The van der Waals surface area contributed by atoms with E-state index in [1.807, 2.05) is 38.1 Å². The normalized spacial score (nSPS) is 14.5. The van der Waals surface area contributed by atoms with Crippen LogP contribution in [-0.4, -0.2) is 44.2 Å². The van der Waals surface area contributed by atoms with E-state index in [1.54, 1.807) is 13.2 Å². The third-order valence-corrected chi connectivity index (χ3v) is 2.75. The molecule has 0 spiro atoms. The molecule has 0 saturated carbocycles. The molecule has 0 aliphatic rings. The maximum absolute atomic E-state index is 11.7. The molecular weight excluding hydrogens is 232 g/mol. The van der Waals surface area contributed by atoms with Crippen molar-refractivity contribution in [2.75, 3.05) is 27.2 Å². The van der Waals surface area contributed by atoms with Crippen LogP contribution in [0.3, 0.4) is 0 Å². The molecule has 0 bridgehead atoms. The van der Waals surface area contributed by atoms with Crippen molar-refractivity contribution in [3.8, 4) is 0 Å². The average molecular weight is 254 g/mol. The minimum absolute atomic E-state index is 0.0257. The van der Waals surface area contributed by atoms with Crippen LogP contribution in [0.4, 0.5) is 0 Å². The number of furan rings is 1. The molecule has 1 N–H and O–H groups in total. The average Bonchev–Trinajstić information content (AvgIpc) is 2.82. The van der Waals surface area contributed by atoms with Crippen LogP contribution >= 0.6 is 0 Å². The Hall–Kier alpha value is -1.33. The lowest BCUT2D eigenvalue weighted by Gasteiger charge is -2.23. The molecule has 0 fully saturated rings. The van der Waals surface area contributed by atoms with Gasteiger partial charge in [-0.2, -0.15) is 0 Å². The first-order chi connectivity index (χ1) is 8.56. The van der Waals surface area contributed by atoms with Crippen LogP contribution in [0.5, 0.6) is 0 Å². The molecule has 0 aliphatic heterocycles. The molecule has 5 nitrogen and oxygen atoms in total. The van der Waals surface area contributed by atoms with Crippen LogP contribution in [0.15, 0.2) is 22.8 Å². The van der Waals surface area contributed by atoms with Crippen LogP contribution < -0.4 is 5.32 Å². The van der Waals surface area contributed by atoms with Crippen molar-refractivity contribution in [3.05, 3.63) is 24.2 Å². The molecule has 1 heterocycles. The fourth-order valence-electron chi connectivity index (χ4n) is 1.69. The molecule has 0 radical (unpaired) electrons. The van der Waals surface area contributed by atoms with Gasteiger partial charge < -0.3 is 14.5 Å². The third kappa shape index (κ3) is 4.16. The molecular formula is C13H22N2O3. The minimum Gasteiger partial charge on any atom is -0.468 e. The molecule has 1 amide bonds. The Bertz CT molecular complexity index is 349. The van der Waals surface area contributed by atoms with Gasteiger partial charge in [0.05, 0.1) is 12.3 Å². The van der Waals surface area contributed by atoms with Crippen molar-refractivity contribution in [1.29, 1.82) is 0 Å². The number of carbonyl (C=O) groups excluding carboxylic acids is 1. The molecule has 2 unspecified atom stereocenters. The van der Waals surface area contributed by atoms with Crippen molar-refractivity contribution in [2.24, 2.45) is 0 Å². The van der Waals surface area contributed by atoms with Crippen molar-refractivity contribution < 1.29 is 13.9 Å². The zero-order chi connectivity index (χ0) is 13.5. The first kappa shape index (κ1) is 14.7. The quantitative estimate of drug-likeness (QED) is 0.799. The number of carbonyl (C=O) groups is 1. The summed E-state index contributed by atoms with van der Waals surface area (Å²) in [6.07, 6.45) is 1.21. The number of nitrogens with zero attached hydrogens (tertiary/aromatic N) is 1. The molecule has 102 valence electrons. The summed E-state index contributed by atoms with van der Waals surface area (Å²) in [5, 5.41) is 2.87. The molecule has 18 heavy (non-hydrogen) atoms. The van der Waals surface area contributed by atoms with Crippen molar-refractivity contribution in [1.82, 2.24) is 10.2 Å². The fourth-order valence-corrected chi connectivity index (χ4v) is 1.69. The summed E-state index contributed by atoms with van der Waals surface area (Å²) in [5.41, 5.74) is 0. The van der Waals surface area contributed by atoms with Crippen LogP contribution in [0.25, 0.3) is 0 Å². The van der Waals surface area contributed by atoms with Gasteiger partial charge in [0, 0.05) is 13.2 Å². The van der Waals surface area contributed by atoms with Gasteiger partial charge in [-0.25, -0.2) is 0 Å². The van der Waals surface area contributed by atoms with E-state index < -0.39 is 6.10 Å². The molecule has 0 aliphatic carbocycles. The highest BCUT2D eigenvalue weighted by molar-refractivity contribution is 5.80. The van der Waals surface area contributed by atoms with E-state index in [-0.39, 0.29) is 11.9 Å². The summed E-state index contributed by atoms with van der Waals surface area (Å²) >= 11 is 0. The van der Waals surface area contributed by atoms with E-state index in [0.717, 1.165) is 5.76 Å². The van der Waals surface area contributed by atoms with E-state index in [4.69, 9.17) is 9.15 Å². The lowest BCUT2D eigenvalue weighted by molar-refractivity contribution is -0.131. The Kier molecular flexibility index (Phi) is 5.88. The maximum atomic E-state index is 11.7. The van der Waals surface area contributed by atoms with E-state index in [9.17, 15) is 4.79 Å². The number of rotatable bonds is 7. The number of hydrogen-bond donors (Lipinski definition) is 1. The van der Waals surface area contributed by atoms with Gasteiger partial charge in [-0.15, -0.1) is 0 Å². The van der Waals surface area contributed by atoms with Gasteiger partial charge in [0.1, 0.15) is 11.9 Å². The van der Waals surface area contributed by atoms with Crippen LogP contribution in [0.1, 0.15) is 25.6 Å². The van der Waals surface area contributed by atoms with Crippen LogP contribution in [-0.2, 0) is 9.53 Å². The monoisotopic (exact) mass is 254 g/mol. The van der Waals surface area contributed by atoms with E-state index >= 15 is 0 Å². The number of ether oxygens (including phenoxy) is 1. The lowest BCUT2D eigenvalue weighted by Crippen LogP contribution is -2.39. The van der Waals surface area contributed by atoms with E-state index in [1.165, 1.54) is 0 Å². The number of hydrogen-bond acceptors (Lipinski definition) is 4. The van der Waals surface area contributed by atoms with Crippen LogP contribution in [0.2, 0.25) is 0 Å². The second-order valence-corrected chi connectivity index (χ2v) is 4.34. The van der Waals surface area contributed by atoms with Crippen molar-refractivity contribution >= 4 is 5.91 Å². The second kappa shape index (κ2) is 7.18. The van der Waals surface area contributed by atoms with E-state index in [0.29, 0.717) is 13.2 Å². The maximum Gasteiger partial charge on any atom is 0.248 e. The summed E-state index contributed by atoms with van der Waals surface area (Å²) in [6.45, 7) is 4.65. The van der Waals surface area contributed by atoms with Crippen molar-refractivity contribution in [2.45, 2.75) is 26.0 Å². The summed E-state index contributed by atoms with van der Waals surface area (Å²) in [7, 11) is 3.90. The highest BCUT2D eigenvalue weighted by Gasteiger charge is 2.19. The molecule has 1 aromatic rings. The molecule has 0 aromatic carbocycles. The molecule has 5 heteroatoms. The smallest absolute Gasteiger partial charge is 0.248 e. The Morgan fingerprint density at radius 1 is 1.56 bits per heavy atom. The predicted molar refractivity (Wildman–Crippen MR) is 69.2 cm³/mol. The summed E-state index contributed by atoms with van der Waals surface area (Å²) in [5.74, 6) is 0.736. The topological polar surface area (TPSA) is 54.7 Å². The van der Waals surface area contributed by atoms with Gasteiger partial charge in [-0.05, 0) is 40.1 Å². The zero-order valence-corrected chi connectivity index (χ0v) is 11.5. The second-order valence-electron chi connectivity index (χ2n) is 4.34. The SMILES string of the molecule is CCOC(C)C(=O)NCC(c1ccco1)N(C)C. The Balaban J connectivity index is 2.51. The largest absolute Gasteiger partial charge is 0.468 e. The number of likely N-dealkylation sites (N-methyl/N-ethyl adjacent to an activating group) is 1. The summed E-state index contributed by atoms with van der Waals surface area (Å²) in [6, 6.07) is 3.77. The summed E-state index contributed by atoms with van der Waals surface area (Å²) in [4.78, 5) is 13.7. The van der Waals surface area contributed by atoms with Gasteiger partial charge >= 0.3 is 0 Å². The highest BCUT2D eigenvalue weighted by Crippen LogP contribution is 2.17. The number of amides is 1. The van der Waals surface area contributed by atoms with Gasteiger partial charge in [0.15, 0.2) is 0 Å². The zero-order valence-electron chi connectivity index (χ0n) is 11.5. The van der Waals surface area contributed by atoms with Crippen LogP contribution in [0, 0.1) is 0 Å². The first-order valence-corrected chi connectivity index (χ1v) is 6.15. The Labute approximate surface area is 108 Å². The lowest BCUT2D eigenvalue weighted by atomic mass is 10.2. The first-order valence-electron chi connectivity index (χ1n) is 6.15. The Morgan fingerprint density at radius 2 is 2.28 bits per heavy atom. The standard InChI is InChI=1S/C13H22N2O3/c1-5-17-10(2)13(16)14-9-11(15(3)4)12-7-6-8-18-12/h6-8,10-11H,5,9H2,1-4H3,(H,14,16). The molecule has 2 atom stereocenters. The third-order valence-electron chi connectivity index (χ3n) is 2.75. The Morgan fingerprint density at radius 3 is 2.78 bits per heavy atom.